The molecule has 0 aromatic rings. The molecule has 4 heteroatoms. The lowest BCUT2D eigenvalue weighted by Gasteiger charge is -2.34. The number of carboxylic acid groups (broad SMARTS) is 1. The third-order valence-electron chi connectivity index (χ3n) is 4.24. The molecule has 0 spiro atoms. The lowest BCUT2D eigenvalue weighted by atomic mass is 9.92. The molecule has 4 nitrogen and oxygen atoms in total. The largest absolute Gasteiger partial charge is 0.481 e. The third kappa shape index (κ3) is 7.28. The van der Waals surface area contributed by atoms with Crippen molar-refractivity contribution >= 4 is 5.97 Å². The first-order chi connectivity index (χ1) is 10.1. The molecule has 21 heavy (non-hydrogen) atoms. The molecule has 0 aliphatic carbocycles. The molecule has 0 bridgehead atoms. The number of carbonyl (C=O) groups is 1. The lowest BCUT2D eigenvalue weighted by molar-refractivity contribution is -0.232. The molecule has 1 saturated heterocycles. The summed E-state index contributed by atoms with van der Waals surface area (Å²) in [5.41, 5.74) is -0.880. The molecular weight excluding hydrogens is 268 g/mol. The lowest BCUT2D eigenvalue weighted by Crippen LogP contribution is -2.45. The summed E-state index contributed by atoms with van der Waals surface area (Å²) in [5.74, 6) is -0.843. The smallest absolute Gasteiger partial charge is 0.314 e. The molecular formula is C17H32O4. The van der Waals surface area contributed by atoms with Gasteiger partial charge in [0.05, 0.1) is 13.2 Å². The average molecular weight is 300 g/mol. The maximum absolute atomic E-state index is 11.0. The summed E-state index contributed by atoms with van der Waals surface area (Å²) in [6.45, 7) is 4.42. The van der Waals surface area contributed by atoms with Crippen molar-refractivity contribution in [2.45, 2.75) is 84.3 Å². The van der Waals surface area contributed by atoms with Crippen LogP contribution in [-0.4, -0.2) is 30.6 Å². The van der Waals surface area contributed by atoms with Crippen LogP contribution in [0.5, 0.6) is 0 Å². The van der Waals surface area contributed by atoms with E-state index in [0.717, 1.165) is 12.8 Å². The minimum Gasteiger partial charge on any atom is -0.481 e. The van der Waals surface area contributed by atoms with Crippen LogP contribution in [0.3, 0.4) is 0 Å². The Morgan fingerprint density at radius 3 is 1.95 bits per heavy atom. The van der Waals surface area contributed by atoms with Crippen molar-refractivity contribution in [3.63, 3.8) is 0 Å². The summed E-state index contributed by atoms with van der Waals surface area (Å²) in [6.07, 6.45) is 12.4. The Kier molecular flexibility index (Phi) is 8.93. The van der Waals surface area contributed by atoms with Crippen LogP contribution < -0.4 is 0 Å². The van der Waals surface area contributed by atoms with Gasteiger partial charge in [0.2, 0.25) is 0 Å². The van der Waals surface area contributed by atoms with E-state index in [1.807, 2.05) is 0 Å². The van der Waals surface area contributed by atoms with Crippen LogP contribution in [0.25, 0.3) is 0 Å². The molecule has 1 aliphatic rings. The Balaban J connectivity index is 1.94. The number of hydrogen-bond acceptors (Lipinski definition) is 3. The first kappa shape index (κ1) is 18.4. The van der Waals surface area contributed by atoms with Crippen molar-refractivity contribution in [1.82, 2.24) is 0 Å². The second-order valence-electron chi connectivity index (χ2n) is 6.53. The van der Waals surface area contributed by atoms with E-state index in [1.165, 1.54) is 51.4 Å². The molecule has 1 N–H and O–H groups in total. The number of carboxylic acids is 1. The highest BCUT2D eigenvalue weighted by atomic mass is 16.7. The van der Waals surface area contributed by atoms with Crippen LogP contribution in [0.2, 0.25) is 0 Å². The molecule has 0 amide bonds. The standard InChI is InChI=1S/C17H32O4/c1-3-4-5-6-7-8-9-10-11-12-15-20-13-17(2,14-21-15)16(18)19/h15H,3-14H2,1-2H3,(H,18,19). The summed E-state index contributed by atoms with van der Waals surface area (Å²) in [7, 11) is 0. The fourth-order valence-corrected chi connectivity index (χ4v) is 2.56. The fraction of sp³-hybridized carbons (Fsp3) is 0.941. The zero-order valence-electron chi connectivity index (χ0n) is 13.7. The molecule has 1 fully saturated rings. The first-order valence-electron chi connectivity index (χ1n) is 8.55. The number of ether oxygens (including phenoxy) is 2. The first-order valence-corrected chi connectivity index (χ1v) is 8.55. The number of aliphatic carboxylic acids is 1. The van der Waals surface area contributed by atoms with E-state index in [-0.39, 0.29) is 19.5 Å². The van der Waals surface area contributed by atoms with Gasteiger partial charge in [-0.05, 0) is 19.8 Å². The average Bonchev–Trinajstić information content (AvgIpc) is 2.47. The SMILES string of the molecule is CCCCCCCCCCCC1OCC(C)(C(=O)O)CO1. The Hall–Kier alpha value is -0.610. The third-order valence-corrected chi connectivity index (χ3v) is 4.24. The van der Waals surface area contributed by atoms with Crippen LogP contribution in [0.4, 0.5) is 0 Å². The van der Waals surface area contributed by atoms with E-state index in [9.17, 15) is 4.79 Å². The van der Waals surface area contributed by atoms with Gasteiger partial charge in [-0.25, -0.2) is 0 Å². The minimum atomic E-state index is -0.880. The Morgan fingerprint density at radius 2 is 1.48 bits per heavy atom. The number of hydrogen-bond donors (Lipinski definition) is 1. The monoisotopic (exact) mass is 300 g/mol. The molecule has 0 atom stereocenters. The van der Waals surface area contributed by atoms with Crippen molar-refractivity contribution in [2.75, 3.05) is 13.2 Å². The van der Waals surface area contributed by atoms with Crippen molar-refractivity contribution in [2.24, 2.45) is 5.41 Å². The number of rotatable bonds is 11. The van der Waals surface area contributed by atoms with E-state index in [0.29, 0.717) is 0 Å². The maximum atomic E-state index is 11.0. The summed E-state index contributed by atoms with van der Waals surface area (Å²) >= 11 is 0. The molecule has 124 valence electrons. The molecule has 0 saturated carbocycles. The van der Waals surface area contributed by atoms with Crippen LogP contribution in [0.1, 0.15) is 78.1 Å². The Labute approximate surface area is 129 Å². The van der Waals surface area contributed by atoms with Gasteiger partial charge in [-0.15, -0.1) is 0 Å². The Bertz CT molecular complexity index is 283. The van der Waals surface area contributed by atoms with Gasteiger partial charge in [-0.2, -0.15) is 0 Å². The van der Waals surface area contributed by atoms with Gasteiger partial charge in [0.1, 0.15) is 5.41 Å². The topological polar surface area (TPSA) is 55.8 Å². The van der Waals surface area contributed by atoms with Crippen molar-refractivity contribution in [1.29, 1.82) is 0 Å². The fourth-order valence-electron chi connectivity index (χ4n) is 2.56. The van der Waals surface area contributed by atoms with Crippen molar-refractivity contribution < 1.29 is 19.4 Å². The van der Waals surface area contributed by atoms with Gasteiger partial charge in [0.25, 0.3) is 0 Å². The van der Waals surface area contributed by atoms with Crippen LogP contribution in [0, 0.1) is 5.41 Å². The van der Waals surface area contributed by atoms with Crippen LogP contribution in [-0.2, 0) is 14.3 Å². The normalized spacial score (nSPS) is 25.9. The highest BCUT2D eigenvalue weighted by Gasteiger charge is 2.39. The predicted octanol–water partition coefficient (Wildman–Crippen LogP) is 4.37. The summed E-state index contributed by atoms with van der Waals surface area (Å²) in [4.78, 5) is 11.0. The van der Waals surface area contributed by atoms with E-state index in [2.05, 4.69) is 6.92 Å². The quantitative estimate of drug-likeness (QED) is 0.576. The second-order valence-corrected chi connectivity index (χ2v) is 6.53. The molecule has 1 heterocycles. The van der Waals surface area contributed by atoms with E-state index < -0.39 is 11.4 Å². The zero-order chi connectivity index (χ0) is 15.6. The summed E-state index contributed by atoms with van der Waals surface area (Å²) in [5, 5.41) is 9.07. The van der Waals surface area contributed by atoms with Gasteiger partial charge in [-0.3, -0.25) is 4.79 Å². The van der Waals surface area contributed by atoms with Gasteiger partial charge < -0.3 is 14.6 Å². The van der Waals surface area contributed by atoms with Gasteiger partial charge in [0.15, 0.2) is 6.29 Å². The van der Waals surface area contributed by atoms with Crippen LogP contribution in [0.15, 0.2) is 0 Å². The molecule has 1 aliphatic heterocycles. The van der Waals surface area contributed by atoms with Crippen LogP contribution >= 0.6 is 0 Å². The van der Waals surface area contributed by atoms with Gasteiger partial charge in [0, 0.05) is 0 Å². The predicted molar refractivity (Wildman–Crippen MR) is 83.3 cm³/mol. The van der Waals surface area contributed by atoms with Crippen molar-refractivity contribution in [3.8, 4) is 0 Å². The molecule has 0 aromatic carbocycles. The summed E-state index contributed by atoms with van der Waals surface area (Å²) < 4.78 is 11.0. The molecule has 0 unspecified atom stereocenters. The molecule has 0 radical (unpaired) electrons. The highest BCUT2D eigenvalue weighted by molar-refractivity contribution is 5.74. The second kappa shape index (κ2) is 10.2. The van der Waals surface area contributed by atoms with Crippen molar-refractivity contribution in [3.05, 3.63) is 0 Å². The maximum Gasteiger partial charge on any atom is 0.314 e. The van der Waals surface area contributed by atoms with E-state index >= 15 is 0 Å². The molecule has 1 rings (SSSR count). The van der Waals surface area contributed by atoms with Gasteiger partial charge >= 0.3 is 5.97 Å². The van der Waals surface area contributed by atoms with E-state index in [1.54, 1.807) is 6.92 Å². The Morgan fingerprint density at radius 1 is 1.00 bits per heavy atom. The summed E-state index contributed by atoms with van der Waals surface area (Å²) in [6, 6.07) is 0. The zero-order valence-corrected chi connectivity index (χ0v) is 13.7. The highest BCUT2D eigenvalue weighted by Crippen LogP contribution is 2.26. The molecule has 0 aromatic heterocycles. The minimum absolute atomic E-state index is 0.207. The number of unbranched alkanes of at least 4 members (excludes halogenated alkanes) is 8. The van der Waals surface area contributed by atoms with E-state index in [4.69, 9.17) is 14.6 Å². The van der Waals surface area contributed by atoms with Gasteiger partial charge in [-0.1, -0.05) is 58.3 Å².